The summed E-state index contributed by atoms with van der Waals surface area (Å²) < 4.78 is 38.2. The number of hydrogen-bond donors (Lipinski definition) is 2. The summed E-state index contributed by atoms with van der Waals surface area (Å²) in [6.07, 6.45) is -4.56. The number of nitrogens with one attached hydrogen (secondary N) is 2. The van der Waals surface area contributed by atoms with Crippen LogP contribution in [0.4, 0.5) is 18.0 Å². The van der Waals surface area contributed by atoms with Crippen molar-refractivity contribution in [2.75, 3.05) is 13.6 Å². The zero-order valence-corrected chi connectivity index (χ0v) is 12.3. The molecule has 0 aromatic heterocycles. The van der Waals surface area contributed by atoms with Crippen molar-refractivity contribution in [1.82, 2.24) is 15.5 Å². The summed E-state index contributed by atoms with van der Waals surface area (Å²) in [6.45, 7) is -0.00237. The van der Waals surface area contributed by atoms with Gasteiger partial charge in [0.1, 0.15) is 6.04 Å². The maximum atomic E-state index is 12.7. The maximum Gasteiger partial charge on any atom is 0.417 e. The highest BCUT2D eigenvalue weighted by Gasteiger charge is 2.35. The number of benzene rings is 1. The third-order valence-corrected chi connectivity index (χ3v) is 3.82. The van der Waals surface area contributed by atoms with Gasteiger partial charge in [-0.25, -0.2) is 4.79 Å². The largest absolute Gasteiger partial charge is 0.417 e. The van der Waals surface area contributed by atoms with Crippen molar-refractivity contribution in [3.8, 4) is 0 Å². The van der Waals surface area contributed by atoms with Gasteiger partial charge in [-0.05, 0) is 11.6 Å². The lowest BCUT2D eigenvalue weighted by Gasteiger charge is -2.18. The van der Waals surface area contributed by atoms with Crippen molar-refractivity contribution in [1.29, 1.82) is 0 Å². The Morgan fingerprint density at radius 2 is 2.18 bits per heavy atom. The Morgan fingerprint density at radius 3 is 2.73 bits per heavy atom. The molecule has 2 rings (SSSR count). The number of carbonyl (C=O) groups excluding carboxylic acids is 2. The molecule has 1 heterocycles. The number of amides is 3. The predicted molar refractivity (Wildman–Crippen MR) is 73.3 cm³/mol. The van der Waals surface area contributed by atoms with Crippen molar-refractivity contribution in [2.45, 2.75) is 18.8 Å². The Balaban J connectivity index is 2.06. The van der Waals surface area contributed by atoms with E-state index in [0.29, 0.717) is 0 Å². The van der Waals surface area contributed by atoms with E-state index in [1.54, 1.807) is 0 Å². The Hall–Kier alpha value is -1.96. The molecular formula is C13H13ClF3N3O2. The normalized spacial score (nSPS) is 18.3. The fourth-order valence-electron chi connectivity index (χ4n) is 2.09. The van der Waals surface area contributed by atoms with Gasteiger partial charge in [0, 0.05) is 20.1 Å². The highest BCUT2D eigenvalue weighted by Crippen LogP contribution is 2.36. The average Bonchev–Trinajstić information content (AvgIpc) is 2.76. The number of urea groups is 1. The molecule has 5 nitrogen and oxygen atoms in total. The quantitative estimate of drug-likeness (QED) is 0.887. The van der Waals surface area contributed by atoms with Crippen LogP contribution in [0.25, 0.3) is 0 Å². The van der Waals surface area contributed by atoms with E-state index in [-0.39, 0.29) is 24.7 Å². The summed E-state index contributed by atoms with van der Waals surface area (Å²) in [6, 6.07) is 2.43. The van der Waals surface area contributed by atoms with Gasteiger partial charge in [0.2, 0.25) is 5.91 Å². The molecule has 1 aromatic rings. The molecule has 2 N–H and O–H groups in total. The van der Waals surface area contributed by atoms with Crippen molar-refractivity contribution in [2.24, 2.45) is 0 Å². The van der Waals surface area contributed by atoms with Crippen LogP contribution in [0.3, 0.4) is 0 Å². The van der Waals surface area contributed by atoms with Gasteiger partial charge in [0.05, 0.1) is 10.6 Å². The molecular weight excluding hydrogens is 323 g/mol. The molecule has 1 saturated heterocycles. The van der Waals surface area contributed by atoms with Crippen molar-refractivity contribution in [3.63, 3.8) is 0 Å². The number of carbonyl (C=O) groups is 2. The van der Waals surface area contributed by atoms with Crippen LogP contribution in [0, 0.1) is 0 Å². The van der Waals surface area contributed by atoms with Gasteiger partial charge < -0.3 is 15.5 Å². The molecule has 9 heteroatoms. The van der Waals surface area contributed by atoms with Crippen molar-refractivity contribution < 1.29 is 22.8 Å². The monoisotopic (exact) mass is 335 g/mol. The summed E-state index contributed by atoms with van der Waals surface area (Å²) in [5.74, 6) is -0.464. The third-order valence-electron chi connectivity index (χ3n) is 3.37. The molecule has 0 radical (unpaired) electrons. The van der Waals surface area contributed by atoms with E-state index < -0.39 is 28.7 Å². The third kappa shape index (κ3) is 3.27. The van der Waals surface area contributed by atoms with Crippen LogP contribution in [-0.2, 0) is 17.5 Å². The van der Waals surface area contributed by atoms with Crippen LogP contribution < -0.4 is 10.6 Å². The minimum Gasteiger partial charge on any atom is -0.350 e. The van der Waals surface area contributed by atoms with Crippen LogP contribution in [0.5, 0.6) is 0 Å². The topological polar surface area (TPSA) is 61.4 Å². The summed E-state index contributed by atoms with van der Waals surface area (Å²) in [5.41, 5.74) is -0.791. The summed E-state index contributed by atoms with van der Waals surface area (Å²) in [5, 5.41) is 4.54. The van der Waals surface area contributed by atoms with Gasteiger partial charge in [-0.3, -0.25) is 4.79 Å². The lowest BCUT2D eigenvalue weighted by atomic mass is 10.1. The molecule has 0 saturated carbocycles. The Kier molecular flexibility index (Phi) is 4.50. The first-order valence-corrected chi connectivity index (χ1v) is 6.72. The molecule has 22 heavy (non-hydrogen) atoms. The highest BCUT2D eigenvalue weighted by molar-refractivity contribution is 6.32. The molecule has 1 fully saturated rings. The standard InChI is InChI=1S/C13H13ClF3N3O2/c1-20-9(6-19-12(20)22)11(21)18-5-7-3-2-4-8(10(7)14)13(15,16)17/h2-4,9H,5-6H2,1H3,(H,18,21)(H,19,22)/t9-/m0/s1. The molecule has 120 valence electrons. The van der Waals surface area contributed by atoms with E-state index in [2.05, 4.69) is 10.6 Å². The number of halogens is 4. The molecule has 0 unspecified atom stereocenters. The summed E-state index contributed by atoms with van der Waals surface area (Å²) in [4.78, 5) is 24.4. The summed E-state index contributed by atoms with van der Waals surface area (Å²) >= 11 is 5.74. The lowest BCUT2D eigenvalue weighted by molar-refractivity contribution is -0.137. The zero-order chi connectivity index (χ0) is 16.5. The smallest absolute Gasteiger partial charge is 0.350 e. The molecule has 0 spiro atoms. The van der Waals surface area contributed by atoms with E-state index in [0.717, 1.165) is 6.07 Å². The number of alkyl halides is 3. The fraction of sp³-hybridized carbons (Fsp3) is 0.385. The molecule has 1 aliphatic heterocycles. The van der Waals surface area contributed by atoms with Gasteiger partial charge in [0.25, 0.3) is 0 Å². The van der Waals surface area contributed by atoms with E-state index >= 15 is 0 Å². The molecule has 0 aliphatic carbocycles. The van der Waals surface area contributed by atoms with E-state index in [9.17, 15) is 22.8 Å². The average molecular weight is 336 g/mol. The van der Waals surface area contributed by atoms with Crippen molar-refractivity contribution in [3.05, 3.63) is 34.3 Å². The molecule has 1 atom stereocenters. The van der Waals surface area contributed by atoms with E-state index in [4.69, 9.17) is 11.6 Å². The van der Waals surface area contributed by atoms with Gasteiger partial charge in [-0.15, -0.1) is 0 Å². The van der Waals surface area contributed by atoms with Gasteiger partial charge in [-0.1, -0.05) is 23.7 Å². The number of likely N-dealkylation sites (N-methyl/N-ethyl adjacent to an activating group) is 1. The molecule has 0 bridgehead atoms. The second-order valence-corrected chi connectivity index (χ2v) is 5.18. The zero-order valence-electron chi connectivity index (χ0n) is 11.5. The van der Waals surface area contributed by atoms with E-state index in [1.165, 1.54) is 24.1 Å². The molecule has 1 aromatic carbocycles. The maximum absolute atomic E-state index is 12.7. The van der Waals surface area contributed by atoms with Gasteiger partial charge >= 0.3 is 12.2 Å². The van der Waals surface area contributed by atoms with Gasteiger partial charge in [-0.2, -0.15) is 13.2 Å². The molecule has 1 aliphatic rings. The lowest BCUT2D eigenvalue weighted by Crippen LogP contribution is -2.43. The first-order chi connectivity index (χ1) is 10.2. The number of hydrogen-bond acceptors (Lipinski definition) is 2. The first kappa shape index (κ1) is 16.4. The van der Waals surface area contributed by atoms with Gasteiger partial charge in [0.15, 0.2) is 0 Å². The fourth-order valence-corrected chi connectivity index (χ4v) is 2.39. The first-order valence-electron chi connectivity index (χ1n) is 6.34. The van der Waals surface area contributed by atoms with Crippen LogP contribution in [0.15, 0.2) is 18.2 Å². The minimum atomic E-state index is -4.56. The van der Waals surface area contributed by atoms with Crippen molar-refractivity contribution >= 4 is 23.5 Å². The second kappa shape index (κ2) is 6.04. The highest BCUT2D eigenvalue weighted by atomic mass is 35.5. The van der Waals surface area contributed by atoms with Crippen LogP contribution in [0.1, 0.15) is 11.1 Å². The SMILES string of the molecule is CN1C(=O)NC[C@H]1C(=O)NCc1cccc(C(F)(F)F)c1Cl. The van der Waals surface area contributed by atoms with Crippen LogP contribution >= 0.6 is 11.6 Å². The Labute approximate surface area is 129 Å². The number of rotatable bonds is 3. The van der Waals surface area contributed by atoms with Crippen LogP contribution in [0.2, 0.25) is 5.02 Å². The Morgan fingerprint density at radius 1 is 1.50 bits per heavy atom. The van der Waals surface area contributed by atoms with E-state index in [1.807, 2.05) is 0 Å². The molecule has 3 amide bonds. The van der Waals surface area contributed by atoms with Crippen LogP contribution in [-0.4, -0.2) is 36.5 Å². The Bertz CT molecular complexity index is 607. The summed E-state index contributed by atoms with van der Waals surface area (Å²) in [7, 11) is 1.46. The predicted octanol–water partition coefficient (Wildman–Crippen LogP) is 2.00. The minimum absolute atomic E-state index is 0.150. The second-order valence-electron chi connectivity index (χ2n) is 4.81. The number of nitrogens with zero attached hydrogens (tertiary/aromatic N) is 1.